The lowest BCUT2D eigenvalue weighted by Crippen LogP contribution is -2.26. The second-order valence-electron chi connectivity index (χ2n) is 5.72. The van der Waals surface area contributed by atoms with Crippen LogP contribution in [0.5, 0.6) is 0 Å². The number of hydrogen-bond acceptors (Lipinski definition) is 3. The number of aryl methyl sites for hydroxylation is 1. The van der Waals surface area contributed by atoms with E-state index in [0.29, 0.717) is 6.42 Å². The number of alkyl halides is 3. The van der Waals surface area contributed by atoms with Crippen molar-refractivity contribution in [3.05, 3.63) is 35.4 Å². The lowest BCUT2D eigenvalue weighted by Gasteiger charge is -2.26. The van der Waals surface area contributed by atoms with Crippen LogP contribution in [-0.2, 0) is 26.1 Å². The number of rotatable bonds is 7. The lowest BCUT2D eigenvalue weighted by molar-refractivity contribution is -0.0542. The molecular weight excluding hydrogens is 317 g/mol. The lowest BCUT2D eigenvalue weighted by atomic mass is 9.79. The van der Waals surface area contributed by atoms with Gasteiger partial charge in [-0.15, -0.1) is 0 Å². The molecule has 1 aromatic carbocycles. The van der Waals surface area contributed by atoms with E-state index in [1.54, 1.807) is 0 Å². The fourth-order valence-corrected chi connectivity index (χ4v) is 2.56. The van der Waals surface area contributed by atoms with Crippen LogP contribution in [0.4, 0.5) is 13.2 Å². The Morgan fingerprint density at radius 2 is 1.73 bits per heavy atom. The minimum atomic E-state index is -5.50. The van der Waals surface area contributed by atoms with E-state index in [0.717, 1.165) is 17.5 Å². The van der Waals surface area contributed by atoms with Crippen LogP contribution >= 0.6 is 0 Å². The minimum absolute atomic E-state index is 0.0461. The van der Waals surface area contributed by atoms with Gasteiger partial charge >= 0.3 is 15.6 Å². The van der Waals surface area contributed by atoms with Gasteiger partial charge in [-0.1, -0.05) is 45.0 Å². The smallest absolute Gasteiger partial charge is 0.263 e. The van der Waals surface area contributed by atoms with Gasteiger partial charge in [-0.3, -0.25) is 4.18 Å². The maximum atomic E-state index is 12.1. The van der Waals surface area contributed by atoms with Gasteiger partial charge in [-0.2, -0.15) is 21.6 Å². The van der Waals surface area contributed by atoms with Crippen molar-refractivity contribution >= 4 is 10.1 Å². The van der Waals surface area contributed by atoms with Crippen LogP contribution in [0, 0.1) is 0 Å². The van der Waals surface area contributed by atoms with Crippen molar-refractivity contribution in [3.63, 3.8) is 0 Å². The van der Waals surface area contributed by atoms with Crippen LogP contribution in [-0.4, -0.2) is 20.5 Å². The molecule has 126 valence electrons. The predicted octanol–water partition coefficient (Wildman–Crippen LogP) is 4.17. The summed E-state index contributed by atoms with van der Waals surface area (Å²) < 4.78 is 62.0. The van der Waals surface area contributed by atoms with Gasteiger partial charge in [0, 0.05) is 0 Å². The third-order valence-electron chi connectivity index (χ3n) is 3.74. The summed E-state index contributed by atoms with van der Waals surface area (Å²) in [7, 11) is -5.50. The Hall–Kier alpha value is -1.08. The summed E-state index contributed by atoms with van der Waals surface area (Å²) in [5, 5.41) is 0. The molecule has 0 radical (unpaired) electrons. The van der Waals surface area contributed by atoms with Crippen molar-refractivity contribution in [3.8, 4) is 0 Å². The summed E-state index contributed by atoms with van der Waals surface area (Å²) >= 11 is 0. The highest BCUT2D eigenvalue weighted by molar-refractivity contribution is 7.87. The molecule has 0 aliphatic heterocycles. The maximum absolute atomic E-state index is 12.1. The van der Waals surface area contributed by atoms with Gasteiger partial charge in [0.05, 0.1) is 6.61 Å². The van der Waals surface area contributed by atoms with Crippen LogP contribution in [0.1, 0.15) is 44.7 Å². The Labute approximate surface area is 129 Å². The molecule has 22 heavy (non-hydrogen) atoms. The second kappa shape index (κ2) is 7.00. The molecule has 0 heterocycles. The molecule has 0 N–H and O–H groups in total. The van der Waals surface area contributed by atoms with E-state index in [9.17, 15) is 21.6 Å². The largest absolute Gasteiger partial charge is 0.523 e. The molecule has 0 saturated carbocycles. The van der Waals surface area contributed by atoms with Gasteiger partial charge in [0.2, 0.25) is 0 Å². The highest BCUT2D eigenvalue weighted by Crippen LogP contribution is 2.30. The molecule has 0 amide bonds. The van der Waals surface area contributed by atoms with Crippen LogP contribution in [0.2, 0.25) is 0 Å². The number of hydrogen-bond donors (Lipinski definition) is 0. The summed E-state index contributed by atoms with van der Waals surface area (Å²) in [4.78, 5) is 0. The first kappa shape index (κ1) is 19.0. The number of halogens is 3. The van der Waals surface area contributed by atoms with Gasteiger partial charge in [-0.25, -0.2) is 0 Å². The average Bonchev–Trinajstić information content (AvgIpc) is 2.42. The molecule has 0 aromatic heterocycles. The maximum Gasteiger partial charge on any atom is 0.523 e. The van der Waals surface area contributed by atoms with Crippen molar-refractivity contribution in [2.75, 3.05) is 6.61 Å². The minimum Gasteiger partial charge on any atom is -0.263 e. The molecule has 0 aliphatic carbocycles. The van der Waals surface area contributed by atoms with E-state index in [2.05, 4.69) is 25.0 Å². The third kappa shape index (κ3) is 4.71. The predicted molar refractivity (Wildman–Crippen MR) is 79.0 cm³/mol. The molecule has 0 spiro atoms. The third-order valence-corrected chi connectivity index (χ3v) is 4.79. The quantitative estimate of drug-likeness (QED) is 0.426. The topological polar surface area (TPSA) is 43.4 Å². The van der Waals surface area contributed by atoms with Crippen molar-refractivity contribution in [1.29, 1.82) is 0 Å². The van der Waals surface area contributed by atoms with Gasteiger partial charge in [0.15, 0.2) is 0 Å². The molecule has 7 heteroatoms. The Balaban J connectivity index is 2.68. The summed E-state index contributed by atoms with van der Waals surface area (Å²) in [5.74, 6) is 0. The average molecular weight is 338 g/mol. The summed E-state index contributed by atoms with van der Waals surface area (Å²) in [6, 6.07) is 7.68. The Morgan fingerprint density at radius 1 is 1.14 bits per heavy atom. The summed E-state index contributed by atoms with van der Waals surface area (Å²) in [5.41, 5.74) is -3.29. The first-order valence-corrected chi connectivity index (χ1v) is 8.46. The standard InChI is InChI=1S/C15H21F3O3S/c1-4-14(2,3)13-10-6-5-8-12(13)9-7-11-21-22(19,20)15(16,17)18/h5-6,8,10H,4,7,9,11H2,1-3H3. The zero-order chi connectivity index (χ0) is 17.0. The normalized spacial score (nSPS) is 13.4. The van der Waals surface area contributed by atoms with Crippen molar-refractivity contribution in [2.45, 2.75) is 51.0 Å². The van der Waals surface area contributed by atoms with Crippen molar-refractivity contribution in [1.82, 2.24) is 0 Å². The fraction of sp³-hybridized carbons (Fsp3) is 0.600. The molecule has 0 fully saturated rings. The van der Waals surface area contributed by atoms with E-state index < -0.39 is 22.2 Å². The molecule has 0 saturated heterocycles. The molecule has 1 rings (SSSR count). The zero-order valence-electron chi connectivity index (χ0n) is 12.9. The van der Waals surface area contributed by atoms with E-state index >= 15 is 0 Å². The molecular formula is C15H21F3O3S. The number of benzene rings is 1. The summed E-state index contributed by atoms with van der Waals surface area (Å²) in [6.07, 6.45) is 1.59. The second-order valence-corrected chi connectivity index (χ2v) is 7.33. The Morgan fingerprint density at radius 3 is 2.27 bits per heavy atom. The monoisotopic (exact) mass is 338 g/mol. The fourth-order valence-electron chi connectivity index (χ4n) is 2.09. The van der Waals surface area contributed by atoms with Crippen LogP contribution in [0.25, 0.3) is 0 Å². The highest BCUT2D eigenvalue weighted by atomic mass is 32.2. The van der Waals surface area contributed by atoms with E-state index in [-0.39, 0.29) is 11.8 Å². The van der Waals surface area contributed by atoms with Gasteiger partial charge in [0.25, 0.3) is 0 Å². The van der Waals surface area contributed by atoms with Crippen molar-refractivity contribution in [2.24, 2.45) is 0 Å². The zero-order valence-corrected chi connectivity index (χ0v) is 13.7. The molecule has 1 aromatic rings. The molecule has 0 bridgehead atoms. The van der Waals surface area contributed by atoms with E-state index in [1.807, 2.05) is 24.3 Å². The van der Waals surface area contributed by atoms with Crippen LogP contribution in [0.3, 0.4) is 0 Å². The first-order valence-electron chi connectivity index (χ1n) is 7.05. The van der Waals surface area contributed by atoms with Gasteiger partial charge < -0.3 is 0 Å². The molecule has 3 nitrogen and oxygen atoms in total. The van der Waals surface area contributed by atoms with E-state index in [4.69, 9.17) is 0 Å². The molecule has 0 aliphatic rings. The first-order chi connectivity index (χ1) is 10.0. The molecule has 0 unspecified atom stereocenters. The van der Waals surface area contributed by atoms with Crippen molar-refractivity contribution < 1.29 is 25.8 Å². The Bertz CT molecular complexity index is 592. The SMILES string of the molecule is CCC(C)(C)c1ccccc1CCCOS(=O)(=O)C(F)(F)F. The van der Waals surface area contributed by atoms with Gasteiger partial charge in [-0.05, 0) is 35.8 Å². The van der Waals surface area contributed by atoms with Gasteiger partial charge in [0.1, 0.15) is 0 Å². The van der Waals surface area contributed by atoms with Crippen LogP contribution < -0.4 is 0 Å². The Kier molecular flexibility index (Phi) is 6.03. The highest BCUT2D eigenvalue weighted by Gasteiger charge is 2.47. The van der Waals surface area contributed by atoms with Crippen LogP contribution in [0.15, 0.2) is 24.3 Å². The summed E-state index contributed by atoms with van der Waals surface area (Å²) in [6.45, 7) is 5.77. The molecule has 0 atom stereocenters. The van der Waals surface area contributed by atoms with E-state index in [1.165, 1.54) is 0 Å².